The third-order valence-corrected chi connectivity index (χ3v) is 2.77. The van der Waals surface area contributed by atoms with Gasteiger partial charge in [0.15, 0.2) is 0 Å². The first-order valence-corrected chi connectivity index (χ1v) is 7.12. The first-order chi connectivity index (χ1) is 10.2. The molecule has 0 saturated carbocycles. The highest BCUT2D eigenvalue weighted by atomic mass is 16.6. The molecule has 0 saturated heterocycles. The number of methoxy groups -OCH3 is 1. The average Bonchev–Trinajstić information content (AvgIpc) is 2.43. The van der Waals surface area contributed by atoms with Crippen LogP contribution >= 0.6 is 0 Å². The van der Waals surface area contributed by atoms with Gasteiger partial charge in [-0.3, -0.25) is 0 Å². The van der Waals surface area contributed by atoms with Gasteiger partial charge in [-0.25, -0.2) is 9.59 Å². The molecule has 1 aromatic rings. The standard InChI is InChI=1S/C16H24N2O4/c1-11(14(19)21-5)18-13-9-7-6-8-12(13)10-17-15(20)22-16(2,3)4/h6-9,11,18H,10H2,1-5H3,(H,17,20). The zero-order valence-corrected chi connectivity index (χ0v) is 13.7. The minimum atomic E-state index is -0.540. The van der Waals surface area contributed by atoms with Gasteiger partial charge in [0, 0.05) is 12.2 Å². The Morgan fingerprint density at radius 2 is 1.86 bits per heavy atom. The predicted octanol–water partition coefficient (Wildman–Crippen LogP) is 2.68. The van der Waals surface area contributed by atoms with Crippen molar-refractivity contribution in [3.63, 3.8) is 0 Å². The SMILES string of the molecule is COC(=O)C(C)Nc1ccccc1CNC(=O)OC(C)(C)C. The predicted molar refractivity (Wildman–Crippen MR) is 84.6 cm³/mol. The number of hydrogen-bond acceptors (Lipinski definition) is 5. The molecule has 0 heterocycles. The lowest BCUT2D eigenvalue weighted by molar-refractivity contribution is -0.141. The van der Waals surface area contributed by atoms with Crippen molar-refractivity contribution in [1.29, 1.82) is 0 Å². The molecule has 0 bridgehead atoms. The Bertz CT molecular complexity index is 523. The zero-order valence-electron chi connectivity index (χ0n) is 13.7. The molecule has 1 amide bonds. The van der Waals surface area contributed by atoms with Crippen LogP contribution < -0.4 is 10.6 Å². The van der Waals surface area contributed by atoms with Crippen LogP contribution in [0.25, 0.3) is 0 Å². The maximum atomic E-state index is 11.7. The number of hydrogen-bond donors (Lipinski definition) is 2. The monoisotopic (exact) mass is 308 g/mol. The summed E-state index contributed by atoms with van der Waals surface area (Å²) in [5.74, 6) is -0.352. The Labute approximate surface area is 131 Å². The van der Waals surface area contributed by atoms with Crippen LogP contribution in [0.1, 0.15) is 33.3 Å². The number of benzene rings is 1. The summed E-state index contributed by atoms with van der Waals surface area (Å²) in [6.45, 7) is 7.43. The number of nitrogens with one attached hydrogen (secondary N) is 2. The van der Waals surface area contributed by atoms with Crippen LogP contribution in [-0.2, 0) is 20.8 Å². The summed E-state index contributed by atoms with van der Waals surface area (Å²) in [6, 6.07) is 6.94. The molecule has 6 heteroatoms. The van der Waals surface area contributed by atoms with Gasteiger partial charge in [-0.05, 0) is 39.3 Å². The summed E-state index contributed by atoms with van der Waals surface area (Å²) in [4.78, 5) is 23.2. The quantitative estimate of drug-likeness (QED) is 0.818. The van der Waals surface area contributed by atoms with Crippen LogP contribution in [0.5, 0.6) is 0 Å². The molecule has 1 atom stereocenters. The Kier molecular flexibility index (Phi) is 6.22. The van der Waals surface area contributed by atoms with E-state index in [9.17, 15) is 9.59 Å². The lowest BCUT2D eigenvalue weighted by Gasteiger charge is -2.20. The van der Waals surface area contributed by atoms with Crippen LogP contribution in [0.3, 0.4) is 0 Å². The van der Waals surface area contributed by atoms with E-state index in [2.05, 4.69) is 15.4 Å². The fraction of sp³-hybridized carbons (Fsp3) is 0.500. The van der Waals surface area contributed by atoms with E-state index in [1.807, 2.05) is 24.3 Å². The summed E-state index contributed by atoms with van der Waals surface area (Å²) in [7, 11) is 1.34. The van der Waals surface area contributed by atoms with Crippen molar-refractivity contribution in [2.75, 3.05) is 12.4 Å². The number of amides is 1. The molecule has 0 radical (unpaired) electrons. The molecule has 0 fully saturated rings. The summed E-state index contributed by atoms with van der Waals surface area (Å²) in [5.41, 5.74) is 1.07. The molecule has 1 aromatic carbocycles. The van der Waals surface area contributed by atoms with Gasteiger partial charge in [-0.2, -0.15) is 0 Å². The van der Waals surface area contributed by atoms with Gasteiger partial charge in [0.05, 0.1) is 7.11 Å². The number of carbonyl (C=O) groups is 2. The van der Waals surface area contributed by atoms with Gasteiger partial charge in [0.2, 0.25) is 0 Å². The van der Waals surface area contributed by atoms with Gasteiger partial charge in [-0.15, -0.1) is 0 Å². The highest BCUT2D eigenvalue weighted by Gasteiger charge is 2.17. The molecule has 0 spiro atoms. The second-order valence-corrected chi connectivity index (χ2v) is 5.90. The fourth-order valence-electron chi connectivity index (χ4n) is 1.77. The van der Waals surface area contributed by atoms with Gasteiger partial charge in [0.25, 0.3) is 0 Å². The minimum Gasteiger partial charge on any atom is -0.467 e. The van der Waals surface area contributed by atoms with Crippen LogP contribution in [-0.4, -0.2) is 30.8 Å². The maximum absolute atomic E-state index is 11.7. The van der Waals surface area contributed by atoms with E-state index in [-0.39, 0.29) is 5.97 Å². The Balaban J connectivity index is 2.68. The van der Waals surface area contributed by atoms with E-state index >= 15 is 0 Å². The summed E-state index contributed by atoms with van der Waals surface area (Å²) < 4.78 is 9.88. The van der Waals surface area contributed by atoms with Crippen LogP contribution in [0, 0.1) is 0 Å². The van der Waals surface area contributed by atoms with Crippen LogP contribution in [0.2, 0.25) is 0 Å². The van der Waals surface area contributed by atoms with Crippen molar-refractivity contribution in [3.05, 3.63) is 29.8 Å². The van der Waals surface area contributed by atoms with Gasteiger partial charge >= 0.3 is 12.1 Å². The minimum absolute atomic E-state index is 0.298. The zero-order chi connectivity index (χ0) is 16.8. The lowest BCUT2D eigenvalue weighted by atomic mass is 10.1. The highest BCUT2D eigenvalue weighted by Crippen LogP contribution is 2.16. The molecule has 0 aliphatic heterocycles. The van der Waals surface area contributed by atoms with E-state index in [1.165, 1.54) is 7.11 Å². The van der Waals surface area contributed by atoms with Crippen molar-refractivity contribution in [1.82, 2.24) is 5.32 Å². The molecular weight excluding hydrogens is 284 g/mol. The number of ether oxygens (including phenoxy) is 2. The third kappa shape index (κ3) is 6.03. The van der Waals surface area contributed by atoms with Crippen molar-refractivity contribution < 1.29 is 19.1 Å². The molecule has 0 aliphatic carbocycles. The molecule has 122 valence electrons. The number of anilines is 1. The van der Waals surface area contributed by atoms with Crippen molar-refractivity contribution in [3.8, 4) is 0 Å². The Hall–Kier alpha value is -2.24. The van der Waals surface area contributed by atoms with Crippen molar-refractivity contribution >= 4 is 17.7 Å². The first kappa shape index (κ1) is 17.8. The largest absolute Gasteiger partial charge is 0.467 e. The van der Waals surface area contributed by atoms with Gasteiger partial charge in [0.1, 0.15) is 11.6 Å². The maximum Gasteiger partial charge on any atom is 0.407 e. The van der Waals surface area contributed by atoms with Crippen molar-refractivity contribution in [2.45, 2.75) is 45.9 Å². The Morgan fingerprint density at radius 1 is 1.23 bits per heavy atom. The molecule has 22 heavy (non-hydrogen) atoms. The second kappa shape index (κ2) is 7.68. The van der Waals surface area contributed by atoms with E-state index in [0.717, 1.165) is 11.3 Å². The van der Waals surface area contributed by atoms with E-state index < -0.39 is 17.7 Å². The number of para-hydroxylation sites is 1. The number of alkyl carbamates (subject to hydrolysis) is 1. The summed E-state index contributed by atoms with van der Waals surface area (Å²) >= 11 is 0. The van der Waals surface area contributed by atoms with E-state index in [0.29, 0.717) is 6.54 Å². The third-order valence-electron chi connectivity index (χ3n) is 2.77. The van der Waals surface area contributed by atoms with E-state index in [1.54, 1.807) is 27.7 Å². The second-order valence-electron chi connectivity index (χ2n) is 5.90. The molecule has 6 nitrogen and oxygen atoms in total. The van der Waals surface area contributed by atoms with Crippen LogP contribution in [0.4, 0.5) is 10.5 Å². The molecule has 1 unspecified atom stereocenters. The number of rotatable bonds is 5. The van der Waals surface area contributed by atoms with Crippen molar-refractivity contribution in [2.24, 2.45) is 0 Å². The molecule has 0 aromatic heterocycles. The molecule has 0 aliphatic rings. The Morgan fingerprint density at radius 3 is 2.45 bits per heavy atom. The summed E-state index contributed by atoms with van der Waals surface area (Å²) in [6.07, 6.45) is -0.483. The normalized spacial score (nSPS) is 12.2. The van der Waals surface area contributed by atoms with Crippen LogP contribution in [0.15, 0.2) is 24.3 Å². The average molecular weight is 308 g/mol. The first-order valence-electron chi connectivity index (χ1n) is 7.12. The molecule has 2 N–H and O–H groups in total. The number of carbonyl (C=O) groups excluding carboxylic acids is 2. The van der Waals surface area contributed by atoms with E-state index in [4.69, 9.17) is 4.74 Å². The topological polar surface area (TPSA) is 76.7 Å². The lowest BCUT2D eigenvalue weighted by Crippen LogP contribution is -2.32. The van der Waals surface area contributed by atoms with Gasteiger partial charge < -0.3 is 20.1 Å². The number of esters is 1. The highest BCUT2D eigenvalue weighted by molar-refractivity contribution is 5.79. The molecular formula is C16H24N2O4. The van der Waals surface area contributed by atoms with Gasteiger partial charge in [-0.1, -0.05) is 18.2 Å². The molecule has 1 rings (SSSR count). The smallest absolute Gasteiger partial charge is 0.407 e. The summed E-state index contributed by atoms with van der Waals surface area (Å²) in [5, 5.41) is 5.76. The fourth-order valence-corrected chi connectivity index (χ4v) is 1.77.